The van der Waals surface area contributed by atoms with Crippen LogP contribution in [0.3, 0.4) is 0 Å². The van der Waals surface area contributed by atoms with Gasteiger partial charge in [0, 0.05) is 32.4 Å². The van der Waals surface area contributed by atoms with Crippen molar-refractivity contribution in [3.05, 3.63) is 0 Å². The highest BCUT2D eigenvalue weighted by Gasteiger charge is 2.27. The Balaban J connectivity index is 3.57. The lowest BCUT2D eigenvalue weighted by molar-refractivity contribution is -0.162. The topological polar surface area (TPSA) is 231 Å². The van der Waals surface area contributed by atoms with Crippen molar-refractivity contribution in [2.75, 3.05) is 77.5 Å². The molecule has 0 radical (unpaired) electrons. The van der Waals surface area contributed by atoms with Gasteiger partial charge in [0.25, 0.3) is 0 Å². The number of carboxylic acid groups (broad SMARTS) is 1. The predicted octanol–water partition coefficient (Wildman–Crippen LogP) is 4.30. The van der Waals surface area contributed by atoms with Gasteiger partial charge in [0.2, 0.25) is 23.5 Å². The van der Waals surface area contributed by atoms with Gasteiger partial charge in [0.15, 0.2) is 0 Å². The highest BCUT2D eigenvalue weighted by atomic mass is 32.2. The van der Waals surface area contributed by atoms with Crippen molar-refractivity contribution in [3.63, 3.8) is 0 Å². The van der Waals surface area contributed by atoms with Crippen LogP contribution in [0.2, 0.25) is 0 Å². The second kappa shape index (κ2) is 35.3. The maximum Gasteiger partial charge on any atom is 0.375 e. The standard InChI is InChI=1S/C42H75N3O14S/c1-41(2,3)58-39(52)33(19-20-38(50)51)45-37(49)32-57-28-26-55-24-22-44-36(48)31-56-27-25-54-23-21-43-35(47)18-14-10-8-12-16-30-60-29-15-11-7-9-13-17-34(46)40(53)59-42(4,5)6/h33H,7-32H2,1-6H3,(H,43,47)(H,44,48)(H,45,49)(H,50,51). The first-order chi connectivity index (χ1) is 28.4. The van der Waals surface area contributed by atoms with E-state index in [2.05, 4.69) is 16.0 Å². The molecule has 0 aliphatic carbocycles. The fourth-order valence-electron chi connectivity index (χ4n) is 5.14. The molecule has 17 nitrogen and oxygen atoms in total. The predicted molar refractivity (Wildman–Crippen MR) is 228 cm³/mol. The lowest BCUT2D eigenvalue weighted by Gasteiger charge is -2.24. The highest BCUT2D eigenvalue weighted by Crippen LogP contribution is 2.15. The minimum Gasteiger partial charge on any atom is -0.481 e. The van der Waals surface area contributed by atoms with E-state index in [0.717, 1.165) is 69.3 Å². The molecule has 4 N–H and O–H groups in total. The first kappa shape index (κ1) is 56.7. The normalized spacial score (nSPS) is 12.0. The third-order valence-corrected chi connectivity index (χ3v) is 9.19. The molecule has 0 aliphatic rings. The van der Waals surface area contributed by atoms with Gasteiger partial charge in [-0.05, 0) is 85.2 Å². The summed E-state index contributed by atoms with van der Waals surface area (Å²) in [6.07, 6.45) is 10.7. The van der Waals surface area contributed by atoms with Crippen LogP contribution in [-0.2, 0) is 62.0 Å². The lowest BCUT2D eigenvalue weighted by atomic mass is 10.1. The van der Waals surface area contributed by atoms with Gasteiger partial charge in [-0.25, -0.2) is 9.59 Å². The summed E-state index contributed by atoms with van der Waals surface area (Å²) < 4.78 is 31.7. The third-order valence-electron chi connectivity index (χ3n) is 8.03. The second-order valence-corrected chi connectivity index (χ2v) is 17.4. The summed E-state index contributed by atoms with van der Waals surface area (Å²) in [4.78, 5) is 82.9. The number of carbonyl (C=O) groups is 7. The fourth-order valence-corrected chi connectivity index (χ4v) is 6.16. The SMILES string of the molecule is CC(C)(C)OC(=O)C(=O)CCCCCCCSCCCCCCCC(=O)NCCOCCOCC(=O)NCCOCCOCC(=O)NC(CCC(=O)O)C(=O)OC(C)(C)C. The molecule has 0 spiro atoms. The van der Waals surface area contributed by atoms with Crippen molar-refractivity contribution in [1.82, 2.24) is 16.0 Å². The minimum atomic E-state index is -1.11. The highest BCUT2D eigenvalue weighted by molar-refractivity contribution is 7.99. The van der Waals surface area contributed by atoms with Gasteiger partial charge < -0.3 is 49.5 Å². The third kappa shape index (κ3) is 38.9. The number of thioether (sulfide) groups is 1. The number of hydrogen-bond acceptors (Lipinski definition) is 14. The second-order valence-electron chi connectivity index (χ2n) is 16.2. The van der Waals surface area contributed by atoms with Gasteiger partial charge in [-0.2, -0.15) is 11.8 Å². The monoisotopic (exact) mass is 877 g/mol. The Morgan fingerprint density at radius 2 is 1.00 bits per heavy atom. The number of amides is 3. The molecule has 0 fully saturated rings. The number of aliphatic carboxylic acids is 1. The van der Waals surface area contributed by atoms with Crippen LogP contribution in [0.5, 0.6) is 0 Å². The van der Waals surface area contributed by atoms with E-state index < -0.39 is 46.8 Å². The number of Topliss-reactive ketones (excluding diaryl/α,β-unsaturated/α-hetero) is 1. The van der Waals surface area contributed by atoms with Crippen LogP contribution in [0.1, 0.15) is 131 Å². The van der Waals surface area contributed by atoms with E-state index in [1.54, 1.807) is 41.5 Å². The first-order valence-electron chi connectivity index (χ1n) is 21.3. The molecule has 348 valence electrons. The van der Waals surface area contributed by atoms with Crippen LogP contribution >= 0.6 is 11.8 Å². The molecular formula is C42H75N3O14S. The fraction of sp³-hybridized carbons (Fsp3) is 0.833. The Morgan fingerprint density at radius 1 is 0.533 bits per heavy atom. The molecule has 0 aromatic rings. The Hall–Kier alpha value is -3.32. The van der Waals surface area contributed by atoms with Crippen molar-refractivity contribution in [1.29, 1.82) is 0 Å². The van der Waals surface area contributed by atoms with Crippen molar-refractivity contribution >= 4 is 53.2 Å². The summed E-state index contributed by atoms with van der Waals surface area (Å²) in [5.74, 6) is -1.60. The van der Waals surface area contributed by atoms with E-state index >= 15 is 0 Å². The smallest absolute Gasteiger partial charge is 0.375 e. The van der Waals surface area contributed by atoms with E-state index in [0.29, 0.717) is 19.6 Å². The van der Waals surface area contributed by atoms with E-state index in [4.69, 9.17) is 33.5 Å². The number of ketones is 1. The van der Waals surface area contributed by atoms with Crippen molar-refractivity contribution < 1.29 is 67.1 Å². The molecule has 3 amide bonds. The Bertz CT molecular complexity index is 1240. The van der Waals surface area contributed by atoms with Crippen LogP contribution in [0.25, 0.3) is 0 Å². The van der Waals surface area contributed by atoms with Crippen LogP contribution < -0.4 is 16.0 Å². The van der Waals surface area contributed by atoms with E-state index in [1.807, 2.05) is 11.8 Å². The molecule has 0 saturated carbocycles. The van der Waals surface area contributed by atoms with Crippen LogP contribution in [0.15, 0.2) is 0 Å². The molecule has 0 aliphatic heterocycles. The summed E-state index contributed by atoms with van der Waals surface area (Å²) in [6, 6.07) is -1.11. The maximum atomic E-state index is 12.3. The number of rotatable bonds is 38. The zero-order valence-electron chi connectivity index (χ0n) is 37.1. The van der Waals surface area contributed by atoms with E-state index in [9.17, 15) is 33.6 Å². The summed E-state index contributed by atoms with van der Waals surface area (Å²) in [5.41, 5.74) is -1.43. The Kier molecular flexibility index (Phi) is 33.3. The number of ether oxygens (including phenoxy) is 6. The molecule has 0 aromatic carbocycles. The van der Waals surface area contributed by atoms with Gasteiger partial charge in [-0.3, -0.25) is 24.0 Å². The Labute approximate surface area is 361 Å². The van der Waals surface area contributed by atoms with Gasteiger partial charge in [-0.15, -0.1) is 0 Å². The van der Waals surface area contributed by atoms with Crippen LogP contribution in [-0.4, -0.2) is 141 Å². The van der Waals surface area contributed by atoms with Crippen molar-refractivity contribution in [3.8, 4) is 0 Å². The molecule has 60 heavy (non-hydrogen) atoms. The van der Waals surface area contributed by atoms with Crippen molar-refractivity contribution in [2.24, 2.45) is 0 Å². The van der Waals surface area contributed by atoms with Gasteiger partial charge >= 0.3 is 17.9 Å². The quantitative estimate of drug-likeness (QED) is 0.0385. The zero-order valence-corrected chi connectivity index (χ0v) is 37.9. The van der Waals surface area contributed by atoms with Crippen LogP contribution in [0, 0.1) is 0 Å². The number of nitrogens with one attached hydrogen (secondary N) is 3. The van der Waals surface area contributed by atoms with E-state index in [1.165, 1.54) is 6.42 Å². The summed E-state index contributed by atoms with van der Waals surface area (Å²) in [6.45, 7) is 11.7. The molecule has 0 aromatic heterocycles. The molecule has 18 heteroatoms. The summed E-state index contributed by atoms with van der Waals surface area (Å²) in [7, 11) is 0. The molecule has 1 atom stereocenters. The summed E-state index contributed by atoms with van der Waals surface area (Å²) >= 11 is 1.98. The number of unbranched alkanes of at least 4 members (excludes halogenated alkanes) is 8. The molecule has 0 saturated heterocycles. The number of hydrogen-bond donors (Lipinski definition) is 4. The molecule has 0 bridgehead atoms. The maximum absolute atomic E-state index is 12.3. The first-order valence-corrected chi connectivity index (χ1v) is 22.5. The molecule has 0 heterocycles. The van der Waals surface area contributed by atoms with Gasteiger partial charge in [0.1, 0.15) is 30.5 Å². The average Bonchev–Trinajstić information content (AvgIpc) is 3.15. The molecule has 0 rings (SSSR count). The lowest BCUT2D eigenvalue weighted by Crippen LogP contribution is -2.45. The Morgan fingerprint density at radius 3 is 1.53 bits per heavy atom. The van der Waals surface area contributed by atoms with E-state index in [-0.39, 0.29) is 83.9 Å². The number of carboxylic acids is 1. The van der Waals surface area contributed by atoms with Gasteiger partial charge in [0.05, 0.1) is 39.6 Å². The average molecular weight is 878 g/mol. The van der Waals surface area contributed by atoms with Crippen molar-refractivity contribution in [2.45, 2.75) is 149 Å². The zero-order chi connectivity index (χ0) is 45.1. The number of esters is 2. The molecular weight excluding hydrogens is 803 g/mol. The summed E-state index contributed by atoms with van der Waals surface area (Å²) in [5, 5.41) is 16.9. The van der Waals surface area contributed by atoms with Gasteiger partial charge in [-0.1, -0.05) is 38.5 Å². The van der Waals surface area contributed by atoms with Crippen LogP contribution in [0.4, 0.5) is 0 Å². The number of carbonyl (C=O) groups excluding carboxylic acids is 6. The minimum absolute atomic E-state index is 0.0113. The largest absolute Gasteiger partial charge is 0.481 e. The molecule has 1 unspecified atom stereocenters.